The van der Waals surface area contributed by atoms with E-state index in [0.717, 1.165) is 16.9 Å². The highest BCUT2D eigenvalue weighted by Crippen LogP contribution is 2.14. The first kappa shape index (κ1) is 10.4. The summed E-state index contributed by atoms with van der Waals surface area (Å²) in [6.07, 6.45) is 1.79. The van der Waals surface area contributed by atoms with Crippen molar-refractivity contribution in [2.45, 2.75) is 6.92 Å². The molecule has 80 valence electrons. The van der Waals surface area contributed by atoms with Gasteiger partial charge in [0.15, 0.2) is 0 Å². The summed E-state index contributed by atoms with van der Waals surface area (Å²) in [5.41, 5.74) is 9.69. The van der Waals surface area contributed by atoms with E-state index < -0.39 is 0 Å². The van der Waals surface area contributed by atoms with Crippen molar-refractivity contribution in [3.05, 3.63) is 59.7 Å². The maximum Gasteiger partial charge on any atom is 0.0630 e. The van der Waals surface area contributed by atoms with Crippen LogP contribution in [0.5, 0.6) is 0 Å². The van der Waals surface area contributed by atoms with Crippen molar-refractivity contribution >= 4 is 17.6 Å². The van der Waals surface area contributed by atoms with E-state index in [0.29, 0.717) is 0 Å². The molecule has 0 aliphatic carbocycles. The molecular formula is C14H14N2. The molecule has 0 heterocycles. The minimum atomic E-state index is 0.748. The predicted molar refractivity (Wildman–Crippen MR) is 69.3 cm³/mol. The van der Waals surface area contributed by atoms with Gasteiger partial charge in [-0.1, -0.05) is 35.9 Å². The van der Waals surface area contributed by atoms with Crippen LogP contribution >= 0.6 is 0 Å². The SMILES string of the molecule is Cc1ccc(N=Cc2ccccc2N)cc1. The molecule has 0 atom stereocenters. The zero-order chi connectivity index (χ0) is 11.4. The molecule has 2 aromatic carbocycles. The third-order valence-electron chi connectivity index (χ3n) is 2.38. The van der Waals surface area contributed by atoms with Gasteiger partial charge in [-0.15, -0.1) is 0 Å². The van der Waals surface area contributed by atoms with Crippen molar-refractivity contribution in [1.29, 1.82) is 0 Å². The summed E-state index contributed by atoms with van der Waals surface area (Å²) < 4.78 is 0. The van der Waals surface area contributed by atoms with Gasteiger partial charge in [-0.3, -0.25) is 4.99 Å². The number of hydrogen-bond donors (Lipinski definition) is 1. The molecule has 16 heavy (non-hydrogen) atoms. The number of nitrogens with zero attached hydrogens (tertiary/aromatic N) is 1. The van der Waals surface area contributed by atoms with Crippen molar-refractivity contribution < 1.29 is 0 Å². The van der Waals surface area contributed by atoms with Crippen molar-refractivity contribution in [1.82, 2.24) is 0 Å². The molecule has 0 aliphatic heterocycles. The normalized spacial score (nSPS) is 10.8. The van der Waals surface area contributed by atoms with Crippen LogP contribution < -0.4 is 5.73 Å². The van der Waals surface area contributed by atoms with Crippen molar-refractivity contribution in [3.8, 4) is 0 Å². The molecule has 0 aromatic heterocycles. The van der Waals surface area contributed by atoms with Gasteiger partial charge in [0.2, 0.25) is 0 Å². The van der Waals surface area contributed by atoms with E-state index >= 15 is 0 Å². The zero-order valence-electron chi connectivity index (χ0n) is 9.22. The van der Waals surface area contributed by atoms with E-state index in [-0.39, 0.29) is 0 Å². The van der Waals surface area contributed by atoms with Crippen LogP contribution in [0.2, 0.25) is 0 Å². The topological polar surface area (TPSA) is 38.4 Å². The van der Waals surface area contributed by atoms with E-state index in [2.05, 4.69) is 11.9 Å². The lowest BCUT2D eigenvalue weighted by atomic mass is 10.2. The van der Waals surface area contributed by atoms with Gasteiger partial charge in [-0.25, -0.2) is 0 Å². The highest BCUT2D eigenvalue weighted by molar-refractivity contribution is 5.88. The van der Waals surface area contributed by atoms with Gasteiger partial charge in [0.05, 0.1) is 5.69 Å². The van der Waals surface area contributed by atoms with Crippen LogP contribution in [-0.4, -0.2) is 6.21 Å². The first-order valence-corrected chi connectivity index (χ1v) is 5.21. The first-order valence-electron chi connectivity index (χ1n) is 5.21. The number of hydrogen-bond acceptors (Lipinski definition) is 2. The molecule has 0 unspecified atom stereocenters. The predicted octanol–water partition coefficient (Wildman–Crippen LogP) is 3.33. The van der Waals surface area contributed by atoms with Gasteiger partial charge in [0, 0.05) is 17.5 Å². The number of para-hydroxylation sites is 1. The number of nitrogens with two attached hydrogens (primary N) is 1. The molecular weight excluding hydrogens is 196 g/mol. The Labute approximate surface area is 95.5 Å². The monoisotopic (exact) mass is 210 g/mol. The molecule has 2 N–H and O–H groups in total. The van der Waals surface area contributed by atoms with E-state index in [9.17, 15) is 0 Å². The summed E-state index contributed by atoms with van der Waals surface area (Å²) in [6, 6.07) is 15.8. The Morgan fingerprint density at radius 3 is 2.38 bits per heavy atom. The van der Waals surface area contributed by atoms with Gasteiger partial charge in [-0.2, -0.15) is 0 Å². The lowest BCUT2D eigenvalue weighted by Crippen LogP contribution is -1.91. The van der Waals surface area contributed by atoms with Gasteiger partial charge in [0.1, 0.15) is 0 Å². The number of nitrogen functional groups attached to an aromatic ring is 1. The second-order valence-corrected chi connectivity index (χ2v) is 3.72. The molecule has 2 nitrogen and oxygen atoms in total. The van der Waals surface area contributed by atoms with Crippen LogP contribution in [0.25, 0.3) is 0 Å². The van der Waals surface area contributed by atoms with E-state index in [4.69, 9.17) is 5.73 Å². The molecule has 2 rings (SSSR count). The Hall–Kier alpha value is -2.09. The fraction of sp³-hybridized carbons (Fsp3) is 0.0714. The van der Waals surface area contributed by atoms with Crippen LogP contribution in [0.3, 0.4) is 0 Å². The molecule has 0 radical (unpaired) electrons. The van der Waals surface area contributed by atoms with Gasteiger partial charge < -0.3 is 5.73 Å². The molecule has 2 aromatic rings. The number of aryl methyl sites for hydroxylation is 1. The Morgan fingerprint density at radius 1 is 1.00 bits per heavy atom. The summed E-state index contributed by atoms with van der Waals surface area (Å²) in [7, 11) is 0. The fourth-order valence-electron chi connectivity index (χ4n) is 1.40. The van der Waals surface area contributed by atoms with Crippen molar-refractivity contribution in [3.63, 3.8) is 0 Å². The Bertz CT molecular complexity index is 498. The van der Waals surface area contributed by atoms with E-state index in [1.54, 1.807) is 6.21 Å². The molecule has 0 aliphatic rings. The standard InChI is InChI=1S/C14H14N2/c1-11-6-8-13(9-7-11)16-10-12-4-2-3-5-14(12)15/h2-10H,15H2,1H3. The van der Waals surface area contributed by atoms with E-state index in [1.165, 1.54) is 5.56 Å². The zero-order valence-corrected chi connectivity index (χ0v) is 9.22. The second-order valence-electron chi connectivity index (χ2n) is 3.72. The fourth-order valence-corrected chi connectivity index (χ4v) is 1.40. The van der Waals surface area contributed by atoms with Crippen molar-refractivity contribution in [2.75, 3.05) is 5.73 Å². The summed E-state index contributed by atoms with van der Waals surface area (Å²) in [6.45, 7) is 2.06. The molecule has 0 saturated carbocycles. The second kappa shape index (κ2) is 4.62. The molecule has 0 amide bonds. The molecule has 0 bridgehead atoms. The number of benzene rings is 2. The number of anilines is 1. The smallest absolute Gasteiger partial charge is 0.0630 e. The third kappa shape index (κ3) is 2.48. The highest BCUT2D eigenvalue weighted by Gasteiger charge is 1.93. The lowest BCUT2D eigenvalue weighted by molar-refractivity contribution is 1.44. The molecule has 2 heteroatoms. The average molecular weight is 210 g/mol. The third-order valence-corrected chi connectivity index (χ3v) is 2.38. The minimum Gasteiger partial charge on any atom is -0.398 e. The maximum absolute atomic E-state index is 5.82. The summed E-state index contributed by atoms with van der Waals surface area (Å²) >= 11 is 0. The molecule has 0 saturated heterocycles. The van der Waals surface area contributed by atoms with Gasteiger partial charge in [0.25, 0.3) is 0 Å². The maximum atomic E-state index is 5.82. The summed E-state index contributed by atoms with van der Waals surface area (Å²) in [4.78, 5) is 4.37. The average Bonchev–Trinajstić information content (AvgIpc) is 2.30. The van der Waals surface area contributed by atoms with Gasteiger partial charge in [-0.05, 0) is 25.1 Å². The minimum absolute atomic E-state index is 0.748. The van der Waals surface area contributed by atoms with Crippen molar-refractivity contribution in [2.24, 2.45) is 4.99 Å². The summed E-state index contributed by atoms with van der Waals surface area (Å²) in [5, 5.41) is 0. The van der Waals surface area contributed by atoms with Crippen LogP contribution in [0, 0.1) is 6.92 Å². The first-order chi connectivity index (χ1) is 7.75. The molecule has 0 spiro atoms. The quantitative estimate of drug-likeness (QED) is 0.599. The molecule has 0 fully saturated rings. The number of aliphatic imine (C=N–C) groups is 1. The largest absolute Gasteiger partial charge is 0.398 e. The Morgan fingerprint density at radius 2 is 1.69 bits per heavy atom. The van der Waals surface area contributed by atoms with E-state index in [1.807, 2.05) is 48.5 Å². The van der Waals surface area contributed by atoms with Crippen LogP contribution in [0.1, 0.15) is 11.1 Å². The highest BCUT2D eigenvalue weighted by atomic mass is 14.7. The van der Waals surface area contributed by atoms with Crippen LogP contribution in [-0.2, 0) is 0 Å². The lowest BCUT2D eigenvalue weighted by Gasteiger charge is -1.98. The Balaban J connectivity index is 2.21. The van der Waals surface area contributed by atoms with Crippen LogP contribution in [0.15, 0.2) is 53.5 Å². The summed E-state index contributed by atoms with van der Waals surface area (Å²) in [5.74, 6) is 0. The number of rotatable bonds is 2. The van der Waals surface area contributed by atoms with Crippen LogP contribution in [0.4, 0.5) is 11.4 Å². The van der Waals surface area contributed by atoms with Gasteiger partial charge >= 0.3 is 0 Å². The Kier molecular flexibility index (Phi) is 3.01.